The average Bonchev–Trinajstić information content (AvgIpc) is 3.13. The molecule has 1 atom stereocenters. The number of ether oxygens (including phenoxy) is 2. The van der Waals surface area contributed by atoms with Crippen LogP contribution in [-0.2, 0) is 20.9 Å². The predicted molar refractivity (Wildman–Crippen MR) is 131 cm³/mol. The number of carbonyl (C=O) groups excluding carboxylic acids is 2. The number of amides is 1. The number of nitrogens with zero attached hydrogens (tertiary/aromatic N) is 1. The summed E-state index contributed by atoms with van der Waals surface area (Å²) in [6.07, 6.45) is 0.533. The fourth-order valence-corrected chi connectivity index (χ4v) is 4.10. The number of methoxy groups -OCH3 is 1. The quantitative estimate of drug-likeness (QED) is 0.207. The topological polar surface area (TPSA) is 96.3 Å². The second-order valence-electron chi connectivity index (χ2n) is 8.23. The van der Waals surface area contributed by atoms with Crippen LogP contribution in [-0.4, -0.2) is 47.1 Å². The van der Waals surface area contributed by atoms with Gasteiger partial charge in [0.05, 0.1) is 11.6 Å². The maximum Gasteiger partial charge on any atom is 0.295 e. The third-order valence-electron chi connectivity index (χ3n) is 5.87. The van der Waals surface area contributed by atoms with E-state index in [1.807, 2.05) is 30.3 Å². The van der Waals surface area contributed by atoms with Gasteiger partial charge in [-0.25, -0.2) is 0 Å². The maximum absolute atomic E-state index is 13.0. The maximum atomic E-state index is 13.0. The number of aromatic hydroxyl groups is 1. The van der Waals surface area contributed by atoms with E-state index in [4.69, 9.17) is 9.47 Å². The molecule has 2 N–H and O–H groups in total. The summed E-state index contributed by atoms with van der Waals surface area (Å²) >= 11 is 0. The summed E-state index contributed by atoms with van der Waals surface area (Å²) in [4.78, 5) is 27.4. The van der Waals surface area contributed by atoms with Crippen molar-refractivity contribution < 1.29 is 29.3 Å². The molecule has 1 aliphatic heterocycles. The zero-order chi connectivity index (χ0) is 24.8. The summed E-state index contributed by atoms with van der Waals surface area (Å²) in [5, 5.41) is 20.8. The highest BCUT2D eigenvalue weighted by Crippen LogP contribution is 2.40. The molecule has 1 amide bonds. The van der Waals surface area contributed by atoms with Gasteiger partial charge in [-0.1, -0.05) is 42.5 Å². The highest BCUT2D eigenvalue weighted by atomic mass is 16.5. The highest BCUT2D eigenvalue weighted by molar-refractivity contribution is 6.46. The Morgan fingerprint density at radius 3 is 2.29 bits per heavy atom. The Labute approximate surface area is 203 Å². The van der Waals surface area contributed by atoms with E-state index in [-0.39, 0.29) is 23.6 Å². The second kappa shape index (κ2) is 10.9. The van der Waals surface area contributed by atoms with Crippen LogP contribution in [0.3, 0.4) is 0 Å². The van der Waals surface area contributed by atoms with Gasteiger partial charge in [-0.15, -0.1) is 0 Å². The van der Waals surface area contributed by atoms with Crippen molar-refractivity contribution in [1.29, 1.82) is 0 Å². The van der Waals surface area contributed by atoms with Crippen LogP contribution >= 0.6 is 0 Å². The molecule has 3 aromatic carbocycles. The molecule has 1 aliphatic rings. The van der Waals surface area contributed by atoms with Crippen LogP contribution < -0.4 is 4.74 Å². The van der Waals surface area contributed by atoms with Gasteiger partial charge >= 0.3 is 0 Å². The lowest BCUT2D eigenvalue weighted by molar-refractivity contribution is -0.140. The SMILES string of the molecule is COCCCN1C(=O)C(=O)/C(=C(\O)c2ccc(OCc3ccccc3)cc2)C1c1ccc(O)cc1. The molecule has 3 aromatic rings. The van der Waals surface area contributed by atoms with Crippen molar-refractivity contribution in [3.8, 4) is 11.5 Å². The van der Waals surface area contributed by atoms with Gasteiger partial charge in [-0.2, -0.15) is 0 Å². The molecule has 0 radical (unpaired) electrons. The molecule has 7 nitrogen and oxygen atoms in total. The third-order valence-corrected chi connectivity index (χ3v) is 5.87. The summed E-state index contributed by atoms with van der Waals surface area (Å²) in [7, 11) is 1.57. The molecule has 0 aromatic heterocycles. The number of Topliss-reactive ketones (excluding diaryl/α,β-unsaturated/α-hetero) is 1. The van der Waals surface area contributed by atoms with Crippen molar-refractivity contribution in [1.82, 2.24) is 4.90 Å². The van der Waals surface area contributed by atoms with E-state index in [2.05, 4.69) is 0 Å². The Hall–Kier alpha value is -4.10. The minimum atomic E-state index is -0.776. The number of benzene rings is 3. The Kier molecular flexibility index (Phi) is 7.48. The van der Waals surface area contributed by atoms with Gasteiger partial charge in [-0.05, 0) is 53.9 Å². The van der Waals surface area contributed by atoms with Crippen LogP contribution in [0.25, 0.3) is 5.76 Å². The van der Waals surface area contributed by atoms with Crippen LogP contribution in [0.5, 0.6) is 11.5 Å². The minimum Gasteiger partial charge on any atom is -0.508 e. The molecule has 0 saturated carbocycles. The standard InChI is InChI=1S/C28H27NO6/c1-34-17-5-16-29-25(20-8-12-22(30)13-9-20)24(27(32)28(29)33)26(31)21-10-14-23(15-11-21)35-18-19-6-3-2-4-7-19/h2-4,6-15,25,30-31H,5,16-18H2,1H3/b26-24-. The summed E-state index contributed by atoms with van der Waals surface area (Å²) in [6, 6.07) is 22.0. The minimum absolute atomic E-state index is 0.0102. The van der Waals surface area contributed by atoms with E-state index in [0.29, 0.717) is 36.5 Å². The molecule has 4 rings (SSSR count). The molecular formula is C28H27NO6. The monoisotopic (exact) mass is 473 g/mol. The lowest BCUT2D eigenvalue weighted by Crippen LogP contribution is -2.31. The Balaban J connectivity index is 1.63. The first-order valence-electron chi connectivity index (χ1n) is 11.3. The van der Waals surface area contributed by atoms with Crippen molar-refractivity contribution in [2.45, 2.75) is 19.1 Å². The van der Waals surface area contributed by atoms with Crippen molar-refractivity contribution in [3.63, 3.8) is 0 Å². The van der Waals surface area contributed by atoms with E-state index in [9.17, 15) is 19.8 Å². The molecule has 1 saturated heterocycles. The number of rotatable bonds is 9. The van der Waals surface area contributed by atoms with Gasteiger partial charge in [0.25, 0.3) is 11.7 Å². The number of ketones is 1. The summed E-state index contributed by atoms with van der Waals surface area (Å²) in [5.41, 5.74) is 2.05. The lowest BCUT2D eigenvalue weighted by atomic mass is 9.95. The van der Waals surface area contributed by atoms with Gasteiger partial charge in [0.15, 0.2) is 0 Å². The molecule has 0 aliphatic carbocycles. The van der Waals surface area contributed by atoms with E-state index in [1.54, 1.807) is 43.5 Å². The van der Waals surface area contributed by atoms with E-state index < -0.39 is 17.7 Å². The normalized spacial score (nSPS) is 17.1. The van der Waals surface area contributed by atoms with Crippen LogP contribution in [0.15, 0.2) is 84.4 Å². The Morgan fingerprint density at radius 2 is 1.63 bits per heavy atom. The van der Waals surface area contributed by atoms with E-state index >= 15 is 0 Å². The smallest absolute Gasteiger partial charge is 0.295 e. The fourth-order valence-electron chi connectivity index (χ4n) is 4.10. The fraction of sp³-hybridized carbons (Fsp3) is 0.214. The first-order chi connectivity index (χ1) is 17.0. The molecular weight excluding hydrogens is 446 g/mol. The lowest BCUT2D eigenvalue weighted by Gasteiger charge is -2.25. The second-order valence-corrected chi connectivity index (χ2v) is 8.23. The highest BCUT2D eigenvalue weighted by Gasteiger charge is 2.45. The number of likely N-dealkylation sites (tertiary alicyclic amines) is 1. The molecule has 1 fully saturated rings. The molecule has 1 unspecified atom stereocenters. The average molecular weight is 474 g/mol. The van der Waals surface area contributed by atoms with E-state index in [0.717, 1.165) is 5.56 Å². The third kappa shape index (κ3) is 5.36. The summed E-state index contributed by atoms with van der Waals surface area (Å²) in [5.74, 6) is -1.01. The Bertz CT molecular complexity index is 1200. The van der Waals surface area contributed by atoms with Crippen molar-refractivity contribution in [2.75, 3.05) is 20.3 Å². The van der Waals surface area contributed by atoms with Crippen molar-refractivity contribution in [2.24, 2.45) is 0 Å². The number of aliphatic hydroxyl groups excluding tert-OH is 1. The number of phenolic OH excluding ortho intramolecular Hbond substituents is 1. The van der Waals surface area contributed by atoms with Gasteiger partial charge in [0.1, 0.15) is 23.9 Å². The predicted octanol–water partition coefficient (Wildman–Crippen LogP) is 4.43. The molecule has 1 heterocycles. The molecule has 7 heteroatoms. The zero-order valence-corrected chi connectivity index (χ0v) is 19.4. The van der Waals surface area contributed by atoms with Gasteiger partial charge in [0, 0.05) is 25.8 Å². The Morgan fingerprint density at radius 1 is 0.943 bits per heavy atom. The number of aliphatic hydroxyl groups is 1. The molecule has 0 spiro atoms. The molecule has 180 valence electrons. The number of phenols is 1. The van der Waals surface area contributed by atoms with Gasteiger partial charge in [-0.3, -0.25) is 9.59 Å². The van der Waals surface area contributed by atoms with Crippen LogP contribution in [0.1, 0.15) is 29.2 Å². The van der Waals surface area contributed by atoms with E-state index in [1.165, 1.54) is 17.0 Å². The number of carbonyl (C=O) groups is 2. The van der Waals surface area contributed by atoms with Gasteiger partial charge in [0.2, 0.25) is 0 Å². The summed E-state index contributed by atoms with van der Waals surface area (Å²) < 4.78 is 10.9. The number of hydrogen-bond donors (Lipinski definition) is 2. The molecule has 35 heavy (non-hydrogen) atoms. The van der Waals surface area contributed by atoms with Crippen molar-refractivity contribution in [3.05, 3.63) is 101 Å². The number of hydrogen-bond acceptors (Lipinski definition) is 6. The zero-order valence-electron chi connectivity index (χ0n) is 19.4. The van der Waals surface area contributed by atoms with Crippen molar-refractivity contribution >= 4 is 17.4 Å². The first-order valence-corrected chi connectivity index (χ1v) is 11.3. The van der Waals surface area contributed by atoms with Gasteiger partial charge < -0.3 is 24.6 Å². The van der Waals surface area contributed by atoms with Crippen LogP contribution in [0.2, 0.25) is 0 Å². The largest absolute Gasteiger partial charge is 0.508 e. The molecule has 0 bridgehead atoms. The van der Waals surface area contributed by atoms with Crippen LogP contribution in [0, 0.1) is 0 Å². The first kappa shape index (κ1) is 24.0. The summed E-state index contributed by atoms with van der Waals surface area (Å²) in [6.45, 7) is 1.11. The van der Waals surface area contributed by atoms with Crippen LogP contribution in [0.4, 0.5) is 0 Å².